The third-order valence-corrected chi connectivity index (χ3v) is 3.89. The fourth-order valence-electron chi connectivity index (χ4n) is 2.51. The number of nitrogens with one attached hydrogen (secondary N) is 1. The number of primary amides is 1. The van der Waals surface area contributed by atoms with Crippen LogP contribution in [-0.2, 0) is 17.9 Å². The molecule has 140 valence electrons. The van der Waals surface area contributed by atoms with E-state index in [9.17, 15) is 9.59 Å². The van der Waals surface area contributed by atoms with E-state index >= 15 is 0 Å². The van der Waals surface area contributed by atoms with Crippen molar-refractivity contribution in [3.8, 4) is 5.75 Å². The van der Waals surface area contributed by atoms with E-state index in [1.807, 2.05) is 6.92 Å². The summed E-state index contributed by atoms with van der Waals surface area (Å²) >= 11 is 0. The molecule has 0 aliphatic rings. The highest BCUT2D eigenvalue weighted by Crippen LogP contribution is 2.22. The Hall–Kier alpha value is -3.62. The molecule has 0 bridgehead atoms. The van der Waals surface area contributed by atoms with Gasteiger partial charge in [0.1, 0.15) is 24.7 Å². The lowest BCUT2D eigenvalue weighted by atomic mass is 10.1. The van der Waals surface area contributed by atoms with Crippen molar-refractivity contribution in [3.63, 3.8) is 0 Å². The number of nitrogens with zero attached hydrogens (tertiary/aromatic N) is 3. The van der Waals surface area contributed by atoms with Crippen molar-refractivity contribution in [1.29, 1.82) is 0 Å². The predicted octanol–water partition coefficient (Wildman–Crippen LogP) is 1.80. The molecule has 9 nitrogen and oxygen atoms in total. The number of amides is 2. The Morgan fingerprint density at radius 1 is 1.30 bits per heavy atom. The van der Waals surface area contributed by atoms with Crippen molar-refractivity contribution in [2.75, 3.05) is 5.32 Å². The molecular weight excluding hydrogens is 350 g/mol. The first-order valence-electron chi connectivity index (χ1n) is 8.19. The third-order valence-electron chi connectivity index (χ3n) is 3.89. The molecule has 1 aromatic carbocycles. The van der Waals surface area contributed by atoms with Crippen LogP contribution in [0.2, 0.25) is 0 Å². The van der Waals surface area contributed by atoms with Crippen molar-refractivity contribution >= 4 is 17.5 Å². The Morgan fingerprint density at radius 2 is 2.07 bits per heavy atom. The Morgan fingerprint density at radius 3 is 2.78 bits per heavy atom. The number of para-hydroxylation sites is 1. The second-order valence-electron chi connectivity index (χ2n) is 5.93. The number of carbonyl (C=O) groups excluding carboxylic acids is 2. The summed E-state index contributed by atoms with van der Waals surface area (Å²) in [6, 6.07) is 6.90. The van der Waals surface area contributed by atoms with E-state index < -0.39 is 5.91 Å². The largest absolute Gasteiger partial charge is 0.488 e. The van der Waals surface area contributed by atoms with E-state index in [0.29, 0.717) is 22.8 Å². The average Bonchev–Trinajstić information content (AvgIpc) is 3.19. The number of carbonyl (C=O) groups is 2. The van der Waals surface area contributed by atoms with Crippen LogP contribution in [0.1, 0.15) is 27.4 Å². The minimum atomic E-state index is -0.519. The molecule has 0 saturated carbocycles. The Kier molecular flexibility index (Phi) is 5.20. The Bertz CT molecular complexity index is 956. The number of aryl methyl sites for hydroxylation is 2. The minimum Gasteiger partial charge on any atom is -0.488 e. The summed E-state index contributed by atoms with van der Waals surface area (Å²) in [5.41, 5.74) is 7.53. The number of hydrogen-bond donors (Lipinski definition) is 2. The van der Waals surface area contributed by atoms with E-state index in [-0.39, 0.29) is 19.1 Å². The molecule has 0 spiro atoms. The fraction of sp³-hybridized carbons (Fsp3) is 0.222. The van der Waals surface area contributed by atoms with Gasteiger partial charge in [0.15, 0.2) is 0 Å². The van der Waals surface area contributed by atoms with E-state index in [1.165, 1.54) is 17.1 Å². The smallest absolute Gasteiger partial charge is 0.259 e. The molecule has 2 amide bonds. The second kappa shape index (κ2) is 7.73. The summed E-state index contributed by atoms with van der Waals surface area (Å²) in [4.78, 5) is 23.5. The van der Waals surface area contributed by atoms with Crippen LogP contribution >= 0.6 is 0 Å². The van der Waals surface area contributed by atoms with E-state index in [1.54, 1.807) is 31.2 Å². The van der Waals surface area contributed by atoms with Gasteiger partial charge in [-0.2, -0.15) is 5.10 Å². The van der Waals surface area contributed by atoms with Crippen LogP contribution in [0.15, 0.2) is 41.2 Å². The van der Waals surface area contributed by atoms with Crippen molar-refractivity contribution in [2.45, 2.75) is 27.0 Å². The van der Waals surface area contributed by atoms with Gasteiger partial charge in [-0.25, -0.2) is 0 Å². The molecule has 0 unspecified atom stereocenters. The van der Waals surface area contributed by atoms with Crippen LogP contribution in [0.5, 0.6) is 5.75 Å². The summed E-state index contributed by atoms with van der Waals surface area (Å²) in [5.74, 6) is 0.229. The summed E-state index contributed by atoms with van der Waals surface area (Å²) < 4.78 is 12.3. The summed E-state index contributed by atoms with van der Waals surface area (Å²) in [6.45, 7) is 3.81. The normalized spacial score (nSPS) is 10.6. The molecule has 9 heteroatoms. The number of aromatic nitrogens is 3. The zero-order chi connectivity index (χ0) is 19.4. The number of benzene rings is 1. The number of ether oxygens (including phenoxy) is 1. The molecule has 3 aromatic rings. The van der Waals surface area contributed by atoms with Gasteiger partial charge in [0.2, 0.25) is 5.91 Å². The third kappa shape index (κ3) is 4.32. The molecular formula is C18H19N5O4. The number of rotatable bonds is 7. The van der Waals surface area contributed by atoms with Crippen LogP contribution in [0.25, 0.3) is 0 Å². The Balaban J connectivity index is 1.72. The standard InChI is InChI=1S/C18H19N5O4/c1-11-15(12(2)27-22-11)10-26-16-6-4-3-5-14(16)18(25)21-13-7-20-23(8-13)9-17(19)24/h3-8H,9-10H2,1-2H3,(H2,19,24)(H,21,25). The maximum Gasteiger partial charge on any atom is 0.259 e. The van der Waals surface area contributed by atoms with Gasteiger partial charge in [-0.05, 0) is 26.0 Å². The SMILES string of the molecule is Cc1noc(C)c1COc1ccccc1C(=O)Nc1cnn(CC(N)=O)c1. The topological polar surface area (TPSA) is 125 Å². The van der Waals surface area contributed by atoms with E-state index in [0.717, 1.165) is 11.3 Å². The quantitative estimate of drug-likeness (QED) is 0.654. The lowest BCUT2D eigenvalue weighted by Crippen LogP contribution is -2.18. The highest BCUT2D eigenvalue weighted by atomic mass is 16.5. The first-order valence-corrected chi connectivity index (χ1v) is 8.19. The van der Waals surface area contributed by atoms with Crippen molar-refractivity contribution in [1.82, 2.24) is 14.9 Å². The molecule has 3 N–H and O–H groups in total. The molecule has 2 aromatic heterocycles. The van der Waals surface area contributed by atoms with Crippen LogP contribution in [0, 0.1) is 13.8 Å². The van der Waals surface area contributed by atoms with Gasteiger partial charge in [-0.3, -0.25) is 14.3 Å². The molecule has 0 aliphatic heterocycles. The summed E-state index contributed by atoms with van der Waals surface area (Å²) in [7, 11) is 0. The molecule has 0 fully saturated rings. The maximum absolute atomic E-state index is 12.6. The monoisotopic (exact) mass is 369 g/mol. The number of anilines is 1. The predicted molar refractivity (Wildman–Crippen MR) is 96.1 cm³/mol. The summed E-state index contributed by atoms with van der Waals surface area (Å²) in [5, 5.41) is 10.6. The van der Waals surface area contributed by atoms with E-state index in [2.05, 4.69) is 15.6 Å². The van der Waals surface area contributed by atoms with Crippen molar-refractivity contribution in [2.24, 2.45) is 5.73 Å². The minimum absolute atomic E-state index is 0.0625. The molecule has 3 rings (SSSR count). The first kappa shape index (κ1) is 18.2. The van der Waals surface area contributed by atoms with Gasteiger partial charge >= 0.3 is 0 Å². The molecule has 0 aliphatic carbocycles. The molecule has 0 radical (unpaired) electrons. The molecule has 27 heavy (non-hydrogen) atoms. The Labute approximate surface area is 155 Å². The molecule has 0 atom stereocenters. The van der Waals surface area contributed by atoms with Gasteiger partial charge in [0.25, 0.3) is 5.91 Å². The van der Waals surface area contributed by atoms with Crippen LogP contribution in [0.4, 0.5) is 5.69 Å². The zero-order valence-electron chi connectivity index (χ0n) is 14.9. The average molecular weight is 369 g/mol. The molecule has 2 heterocycles. The van der Waals surface area contributed by atoms with Crippen molar-refractivity contribution < 1.29 is 18.8 Å². The van der Waals surface area contributed by atoms with Crippen LogP contribution in [0.3, 0.4) is 0 Å². The van der Waals surface area contributed by atoms with Crippen LogP contribution < -0.4 is 15.8 Å². The highest BCUT2D eigenvalue weighted by molar-refractivity contribution is 6.06. The van der Waals surface area contributed by atoms with Crippen LogP contribution in [-0.4, -0.2) is 26.8 Å². The van der Waals surface area contributed by atoms with Gasteiger partial charge in [-0.15, -0.1) is 0 Å². The summed E-state index contributed by atoms with van der Waals surface area (Å²) in [6.07, 6.45) is 2.96. The van der Waals surface area contributed by atoms with Gasteiger partial charge in [0, 0.05) is 6.20 Å². The van der Waals surface area contributed by atoms with Crippen molar-refractivity contribution in [3.05, 3.63) is 59.2 Å². The van der Waals surface area contributed by atoms with E-state index in [4.69, 9.17) is 15.0 Å². The fourth-order valence-corrected chi connectivity index (χ4v) is 2.51. The first-order chi connectivity index (χ1) is 12.9. The maximum atomic E-state index is 12.6. The number of nitrogens with two attached hydrogens (primary N) is 1. The zero-order valence-corrected chi connectivity index (χ0v) is 14.9. The van der Waals surface area contributed by atoms with Gasteiger partial charge < -0.3 is 20.3 Å². The lowest BCUT2D eigenvalue weighted by Gasteiger charge is -2.11. The lowest BCUT2D eigenvalue weighted by molar-refractivity contribution is -0.118. The highest BCUT2D eigenvalue weighted by Gasteiger charge is 2.15. The van der Waals surface area contributed by atoms with Gasteiger partial charge in [0.05, 0.1) is 28.7 Å². The molecule has 0 saturated heterocycles. The van der Waals surface area contributed by atoms with Gasteiger partial charge in [-0.1, -0.05) is 17.3 Å². The second-order valence-corrected chi connectivity index (χ2v) is 5.93. The number of hydrogen-bond acceptors (Lipinski definition) is 6.